The van der Waals surface area contributed by atoms with Gasteiger partial charge >= 0.3 is 6.61 Å². The monoisotopic (exact) mass is 346 g/mol. The molecule has 0 radical (unpaired) electrons. The number of nitrogens with zero attached hydrogens (tertiary/aromatic N) is 3. The Kier molecular flexibility index (Phi) is 4.93. The zero-order valence-corrected chi connectivity index (χ0v) is 12.7. The molecule has 1 aromatic carbocycles. The lowest BCUT2D eigenvalue weighted by atomic mass is 10.2. The van der Waals surface area contributed by atoms with Crippen molar-refractivity contribution in [1.82, 2.24) is 20.4 Å². The smallest absolute Gasteiger partial charge is 0.387 e. The average Bonchev–Trinajstić information content (AvgIpc) is 3.10. The molecule has 1 N–H and O–H groups in total. The van der Waals surface area contributed by atoms with Crippen LogP contribution in [0.1, 0.15) is 16.2 Å². The molecule has 3 aromatic rings. The van der Waals surface area contributed by atoms with Crippen LogP contribution in [0.5, 0.6) is 5.75 Å². The van der Waals surface area contributed by atoms with Gasteiger partial charge in [0.05, 0.1) is 6.54 Å². The van der Waals surface area contributed by atoms with Gasteiger partial charge in [-0.15, -0.1) is 0 Å². The van der Waals surface area contributed by atoms with Crippen LogP contribution in [-0.2, 0) is 6.54 Å². The molecule has 2 aromatic heterocycles. The second kappa shape index (κ2) is 7.47. The highest BCUT2D eigenvalue weighted by molar-refractivity contribution is 5.94. The fraction of sp³-hybridized carbons (Fsp3) is 0.125. The van der Waals surface area contributed by atoms with Crippen LogP contribution in [0.3, 0.4) is 0 Å². The first kappa shape index (κ1) is 16.5. The largest absolute Gasteiger partial charge is 0.435 e. The Balaban J connectivity index is 1.58. The number of benzene rings is 1. The lowest BCUT2D eigenvalue weighted by Gasteiger charge is -2.05. The third-order valence-electron chi connectivity index (χ3n) is 3.10. The Morgan fingerprint density at radius 3 is 2.68 bits per heavy atom. The maximum atomic E-state index is 12.1. The Hall–Kier alpha value is -3.36. The van der Waals surface area contributed by atoms with Gasteiger partial charge in [0, 0.05) is 11.8 Å². The fourth-order valence-electron chi connectivity index (χ4n) is 1.97. The Morgan fingerprint density at radius 1 is 1.20 bits per heavy atom. The molecule has 0 bridgehead atoms. The summed E-state index contributed by atoms with van der Waals surface area (Å²) >= 11 is 0. The quantitative estimate of drug-likeness (QED) is 0.738. The van der Waals surface area contributed by atoms with Gasteiger partial charge in [0.2, 0.25) is 11.7 Å². The van der Waals surface area contributed by atoms with E-state index in [1.54, 1.807) is 24.4 Å². The van der Waals surface area contributed by atoms with Crippen molar-refractivity contribution in [2.24, 2.45) is 0 Å². The van der Waals surface area contributed by atoms with Crippen LogP contribution in [-0.4, -0.2) is 27.6 Å². The number of halogens is 2. The molecule has 1 amide bonds. The molecule has 7 nitrogen and oxygen atoms in total. The van der Waals surface area contributed by atoms with E-state index in [1.807, 2.05) is 0 Å². The number of amides is 1. The van der Waals surface area contributed by atoms with E-state index in [1.165, 1.54) is 24.3 Å². The number of hydrogen-bond donors (Lipinski definition) is 1. The SMILES string of the molecule is O=C(NCc1nc(-c2ccccn2)no1)c1ccc(OC(F)F)cc1. The zero-order valence-electron chi connectivity index (χ0n) is 12.7. The molecular formula is C16H12F2N4O3. The van der Waals surface area contributed by atoms with Gasteiger partial charge in [-0.2, -0.15) is 13.8 Å². The fourth-order valence-corrected chi connectivity index (χ4v) is 1.97. The van der Waals surface area contributed by atoms with Gasteiger partial charge in [-0.1, -0.05) is 11.2 Å². The molecule has 25 heavy (non-hydrogen) atoms. The van der Waals surface area contributed by atoms with Crippen LogP contribution in [0.4, 0.5) is 8.78 Å². The molecule has 3 rings (SSSR count). The molecule has 0 unspecified atom stereocenters. The average molecular weight is 346 g/mol. The van der Waals surface area contributed by atoms with E-state index < -0.39 is 12.5 Å². The van der Waals surface area contributed by atoms with E-state index in [0.717, 1.165) is 0 Å². The van der Waals surface area contributed by atoms with E-state index in [-0.39, 0.29) is 23.7 Å². The molecule has 0 fully saturated rings. The molecular weight excluding hydrogens is 334 g/mol. The number of aromatic nitrogens is 3. The maximum absolute atomic E-state index is 12.1. The first-order valence-electron chi connectivity index (χ1n) is 7.19. The number of carbonyl (C=O) groups is 1. The summed E-state index contributed by atoms with van der Waals surface area (Å²) in [7, 11) is 0. The highest BCUT2D eigenvalue weighted by atomic mass is 19.3. The highest BCUT2D eigenvalue weighted by Gasteiger charge is 2.12. The first-order valence-corrected chi connectivity index (χ1v) is 7.19. The summed E-state index contributed by atoms with van der Waals surface area (Å²) in [5.74, 6) is 0.0923. The van der Waals surface area contributed by atoms with Crippen LogP contribution in [0.25, 0.3) is 11.5 Å². The minimum atomic E-state index is -2.91. The number of alkyl halides is 2. The van der Waals surface area contributed by atoms with Gasteiger partial charge in [-0.25, -0.2) is 0 Å². The molecule has 9 heteroatoms. The van der Waals surface area contributed by atoms with E-state index in [0.29, 0.717) is 11.5 Å². The summed E-state index contributed by atoms with van der Waals surface area (Å²) in [5.41, 5.74) is 0.838. The predicted molar refractivity (Wildman–Crippen MR) is 81.8 cm³/mol. The number of pyridine rings is 1. The summed E-state index contributed by atoms with van der Waals surface area (Å²) in [5, 5.41) is 6.38. The van der Waals surface area contributed by atoms with Gasteiger partial charge in [-0.3, -0.25) is 9.78 Å². The van der Waals surface area contributed by atoms with Crippen LogP contribution in [0, 0.1) is 0 Å². The van der Waals surface area contributed by atoms with Gasteiger partial charge in [0.1, 0.15) is 11.4 Å². The van der Waals surface area contributed by atoms with Crippen molar-refractivity contribution in [3.8, 4) is 17.3 Å². The van der Waals surface area contributed by atoms with Crippen LogP contribution >= 0.6 is 0 Å². The molecule has 0 atom stereocenters. The van der Waals surface area contributed by atoms with E-state index in [9.17, 15) is 13.6 Å². The Morgan fingerprint density at radius 2 is 2.00 bits per heavy atom. The second-order valence-corrected chi connectivity index (χ2v) is 4.81. The summed E-state index contributed by atoms with van der Waals surface area (Å²) in [6, 6.07) is 10.6. The van der Waals surface area contributed by atoms with Gasteiger partial charge in [0.25, 0.3) is 5.91 Å². The number of hydrogen-bond acceptors (Lipinski definition) is 6. The van der Waals surface area contributed by atoms with Crippen molar-refractivity contribution in [2.75, 3.05) is 0 Å². The second-order valence-electron chi connectivity index (χ2n) is 4.81. The first-order chi connectivity index (χ1) is 12.1. The Labute approximate surface area is 140 Å². The van der Waals surface area contributed by atoms with Gasteiger partial charge in [0.15, 0.2) is 0 Å². The Bertz CT molecular complexity index is 838. The maximum Gasteiger partial charge on any atom is 0.387 e. The molecule has 0 aliphatic heterocycles. The number of ether oxygens (including phenoxy) is 1. The topological polar surface area (TPSA) is 90.1 Å². The predicted octanol–water partition coefficient (Wildman–Crippen LogP) is 2.66. The van der Waals surface area contributed by atoms with Crippen molar-refractivity contribution in [3.63, 3.8) is 0 Å². The number of nitrogens with one attached hydrogen (secondary N) is 1. The number of rotatable bonds is 6. The molecule has 2 heterocycles. The lowest BCUT2D eigenvalue weighted by molar-refractivity contribution is -0.0498. The third-order valence-corrected chi connectivity index (χ3v) is 3.10. The lowest BCUT2D eigenvalue weighted by Crippen LogP contribution is -2.22. The van der Waals surface area contributed by atoms with Crippen LogP contribution < -0.4 is 10.1 Å². The van der Waals surface area contributed by atoms with E-state index >= 15 is 0 Å². The van der Waals surface area contributed by atoms with Crippen molar-refractivity contribution < 1.29 is 22.8 Å². The normalized spacial score (nSPS) is 10.7. The van der Waals surface area contributed by atoms with Crippen LogP contribution in [0.15, 0.2) is 53.2 Å². The number of carbonyl (C=O) groups excluding carboxylic acids is 1. The molecule has 0 saturated heterocycles. The van der Waals surface area contributed by atoms with Crippen LogP contribution in [0.2, 0.25) is 0 Å². The third kappa shape index (κ3) is 4.34. The van der Waals surface area contributed by atoms with Crippen molar-refractivity contribution in [2.45, 2.75) is 13.2 Å². The minimum Gasteiger partial charge on any atom is -0.435 e. The zero-order chi connectivity index (χ0) is 17.6. The summed E-state index contributed by atoms with van der Waals surface area (Å²) in [6.45, 7) is -2.89. The van der Waals surface area contributed by atoms with Gasteiger partial charge < -0.3 is 14.6 Å². The summed E-state index contributed by atoms with van der Waals surface area (Å²) < 4.78 is 33.4. The van der Waals surface area contributed by atoms with Crippen molar-refractivity contribution in [1.29, 1.82) is 0 Å². The molecule has 0 aliphatic carbocycles. The standard InChI is InChI=1S/C16H12F2N4O3/c17-16(18)24-11-6-4-10(5-7-11)15(23)20-9-13-21-14(22-25-13)12-3-1-2-8-19-12/h1-8,16H,9H2,(H,20,23). The molecule has 0 saturated carbocycles. The van der Waals surface area contributed by atoms with Gasteiger partial charge in [-0.05, 0) is 36.4 Å². The van der Waals surface area contributed by atoms with Crippen molar-refractivity contribution in [3.05, 3.63) is 60.1 Å². The minimum absolute atomic E-state index is 0.0218. The molecule has 0 aliphatic rings. The molecule has 0 spiro atoms. The highest BCUT2D eigenvalue weighted by Crippen LogP contribution is 2.15. The van der Waals surface area contributed by atoms with Crippen molar-refractivity contribution >= 4 is 5.91 Å². The summed E-state index contributed by atoms with van der Waals surface area (Å²) in [4.78, 5) is 20.3. The van der Waals surface area contributed by atoms with E-state index in [2.05, 4.69) is 25.2 Å². The summed E-state index contributed by atoms with van der Waals surface area (Å²) in [6.07, 6.45) is 1.61. The molecule has 128 valence electrons. The van der Waals surface area contributed by atoms with E-state index in [4.69, 9.17) is 4.52 Å².